The Morgan fingerprint density at radius 3 is 2.38 bits per heavy atom. The zero-order chi connectivity index (χ0) is 15.4. The monoisotopic (exact) mass is 285 g/mol. The van der Waals surface area contributed by atoms with Gasteiger partial charge in [-0.15, -0.1) is 0 Å². The lowest BCUT2D eigenvalue weighted by Crippen LogP contribution is -2.56. The van der Waals surface area contributed by atoms with E-state index in [-0.39, 0.29) is 12.6 Å². The minimum Gasteiger partial charge on any atom is -0.331 e. The van der Waals surface area contributed by atoms with Gasteiger partial charge in [0.2, 0.25) is 0 Å². The number of rotatable bonds is 4. The zero-order valence-corrected chi connectivity index (χ0v) is 12.3. The molecule has 1 fully saturated rings. The summed E-state index contributed by atoms with van der Waals surface area (Å²) in [4.78, 5) is 27.2. The Bertz CT molecular complexity index is 563. The Morgan fingerprint density at radius 1 is 1.14 bits per heavy atom. The molecule has 1 aliphatic heterocycles. The number of piperazine rings is 1. The molecule has 1 heterocycles. The van der Waals surface area contributed by atoms with Crippen LogP contribution in [0.4, 0.5) is 0 Å². The zero-order valence-electron chi connectivity index (χ0n) is 12.3. The highest BCUT2D eigenvalue weighted by atomic mass is 16.2. The summed E-state index contributed by atoms with van der Waals surface area (Å²) in [6, 6.07) is 11.6. The number of nitrogens with zero attached hydrogens (tertiary/aromatic N) is 3. The molecule has 0 saturated carbocycles. The standard InChI is InChI=1S/C16H19N3O2/c1-12(2)19-9-8-18(15(20)16(19)21)11-14(10-17)13-6-4-3-5-7-13/h3-7,12,14H,8-9,11H2,1-2H3. The lowest BCUT2D eigenvalue weighted by molar-refractivity contribution is -0.157. The van der Waals surface area contributed by atoms with Crippen LogP contribution in [0.15, 0.2) is 30.3 Å². The molecule has 110 valence electrons. The van der Waals surface area contributed by atoms with Gasteiger partial charge < -0.3 is 9.80 Å². The van der Waals surface area contributed by atoms with E-state index in [0.29, 0.717) is 13.1 Å². The van der Waals surface area contributed by atoms with E-state index in [1.807, 2.05) is 44.2 Å². The largest absolute Gasteiger partial charge is 0.331 e. The molecule has 5 heteroatoms. The van der Waals surface area contributed by atoms with Crippen LogP contribution in [0.3, 0.4) is 0 Å². The fraction of sp³-hybridized carbons (Fsp3) is 0.438. The number of carbonyl (C=O) groups is 2. The summed E-state index contributed by atoms with van der Waals surface area (Å²) in [7, 11) is 0. The van der Waals surface area contributed by atoms with Crippen LogP contribution < -0.4 is 0 Å². The van der Waals surface area contributed by atoms with Gasteiger partial charge in [0.15, 0.2) is 0 Å². The molecule has 5 nitrogen and oxygen atoms in total. The van der Waals surface area contributed by atoms with Crippen molar-refractivity contribution in [2.45, 2.75) is 25.8 Å². The van der Waals surface area contributed by atoms with Gasteiger partial charge in [0.05, 0.1) is 12.0 Å². The van der Waals surface area contributed by atoms with Crippen molar-refractivity contribution < 1.29 is 9.59 Å². The number of nitriles is 1. The van der Waals surface area contributed by atoms with E-state index in [4.69, 9.17) is 0 Å². The van der Waals surface area contributed by atoms with Crippen molar-refractivity contribution in [2.75, 3.05) is 19.6 Å². The van der Waals surface area contributed by atoms with Gasteiger partial charge in [-0.3, -0.25) is 9.59 Å². The summed E-state index contributed by atoms with van der Waals surface area (Å²) in [5.41, 5.74) is 0.867. The highest BCUT2D eigenvalue weighted by Crippen LogP contribution is 2.18. The van der Waals surface area contributed by atoms with Crippen LogP contribution in [0.5, 0.6) is 0 Å². The van der Waals surface area contributed by atoms with Crippen molar-refractivity contribution in [3.63, 3.8) is 0 Å². The molecular formula is C16H19N3O2. The van der Waals surface area contributed by atoms with Crippen molar-refractivity contribution in [2.24, 2.45) is 0 Å². The summed E-state index contributed by atoms with van der Waals surface area (Å²) in [6.07, 6.45) is 0. The number of carbonyl (C=O) groups excluding carboxylic acids is 2. The molecule has 0 spiro atoms. The quantitative estimate of drug-likeness (QED) is 0.785. The predicted molar refractivity (Wildman–Crippen MR) is 78.2 cm³/mol. The third-order valence-electron chi connectivity index (χ3n) is 3.73. The Labute approximate surface area is 124 Å². The fourth-order valence-electron chi connectivity index (χ4n) is 2.48. The molecule has 1 aromatic rings. The first-order chi connectivity index (χ1) is 10.0. The molecule has 0 bridgehead atoms. The molecule has 1 unspecified atom stereocenters. The number of benzene rings is 1. The SMILES string of the molecule is CC(C)N1CCN(CC(C#N)c2ccccc2)C(=O)C1=O. The summed E-state index contributed by atoms with van der Waals surface area (Å²) in [5, 5.41) is 9.32. The molecule has 2 amide bonds. The molecular weight excluding hydrogens is 266 g/mol. The van der Waals surface area contributed by atoms with Gasteiger partial charge in [-0.1, -0.05) is 30.3 Å². The predicted octanol–water partition coefficient (Wildman–Crippen LogP) is 1.37. The third kappa shape index (κ3) is 3.22. The molecule has 0 N–H and O–H groups in total. The van der Waals surface area contributed by atoms with Gasteiger partial charge in [0.1, 0.15) is 0 Å². The van der Waals surface area contributed by atoms with Crippen LogP contribution in [0, 0.1) is 11.3 Å². The van der Waals surface area contributed by atoms with Crippen LogP contribution in [0.2, 0.25) is 0 Å². The second kappa shape index (κ2) is 6.40. The number of amides is 2. The van der Waals surface area contributed by atoms with Crippen molar-refractivity contribution in [1.82, 2.24) is 9.80 Å². The van der Waals surface area contributed by atoms with Gasteiger partial charge in [0.25, 0.3) is 0 Å². The van der Waals surface area contributed by atoms with Crippen LogP contribution >= 0.6 is 0 Å². The van der Waals surface area contributed by atoms with Crippen molar-refractivity contribution >= 4 is 11.8 Å². The second-order valence-electron chi connectivity index (χ2n) is 5.44. The van der Waals surface area contributed by atoms with E-state index in [9.17, 15) is 14.9 Å². The van der Waals surface area contributed by atoms with Crippen molar-refractivity contribution in [3.8, 4) is 6.07 Å². The van der Waals surface area contributed by atoms with Gasteiger partial charge in [-0.25, -0.2) is 0 Å². The Balaban J connectivity index is 2.08. The minimum absolute atomic E-state index is 0.0180. The lowest BCUT2D eigenvalue weighted by Gasteiger charge is -2.36. The highest BCUT2D eigenvalue weighted by Gasteiger charge is 2.34. The van der Waals surface area contributed by atoms with E-state index in [2.05, 4.69) is 6.07 Å². The molecule has 2 rings (SSSR count). The molecule has 1 aromatic carbocycles. The van der Waals surface area contributed by atoms with Crippen LogP contribution in [-0.2, 0) is 9.59 Å². The van der Waals surface area contributed by atoms with Crippen molar-refractivity contribution in [3.05, 3.63) is 35.9 Å². The first kappa shape index (κ1) is 15.0. The van der Waals surface area contributed by atoms with E-state index < -0.39 is 17.7 Å². The average molecular weight is 285 g/mol. The van der Waals surface area contributed by atoms with Crippen LogP contribution in [-0.4, -0.2) is 47.3 Å². The molecule has 0 radical (unpaired) electrons. The third-order valence-corrected chi connectivity index (χ3v) is 3.73. The normalized spacial score (nSPS) is 17.0. The number of hydrogen-bond acceptors (Lipinski definition) is 3. The lowest BCUT2D eigenvalue weighted by atomic mass is 9.99. The maximum Gasteiger partial charge on any atom is 0.312 e. The summed E-state index contributed by atoms with van der Waals surface area (Å²) >= 11 is 0. The average Bonchev–Trinajstić information content (AvgIpc) is 2.49. The smallest absolute Gasteiger partial charge is 0.312 e. The van der Waals surface area contributed by atoms with Gasteiger partial charge >= 0.3 is 11.8 Å². The van der Waals surface area contributed by atoms with Gasteiger partial charge in [-0.05, 0) is 19.4 Å². The topological polar surface area (TPSA) is 64.4 Å². The summed E-state index contributed by atoms with van der Waals surface area (Å²) in [6.45, 7) is 5.05. The molecule has 0 aliphatic carbocycles. The van der Waals surface area contributed by atoms with Crippen LogP contribution in [0.1, 0.15) is 25.3 Å². The van der Waals surface area contributed by atoms with Gasteiger partial charge in [0, 0.05) is 25.7 Å². The summed E-state index contributed by atoms with van der Waals surface area (Å²) in [5.74, 6) is -1.39. The molecule has 1 atom stereocenters. The fourth-order valence-corrected chi connectivity index (χ4v) is 2.48. The minimum atomic E-state index is -0.508. The van der Waals surface area contributed by atoms with Crippen LogP contribution in [0.25, 0.3) is 0 Å². The van der Waals surface area contributed by atoms with Gasteiger partial charge in [-0.2, -0.15) is 5.26 Å². The maximum atomic E-state index is 12.1. The highest BCUT2D eigenvalue weighted by molar-refractivity contribution is 6.35. The van der Waals surface area contributed by atoms with Crippen molar-refractivity contribution in [1.29, 1.82) is 5.26 Å². The van der Waals surface area contributed by atoms with E-state index in [1.165, 1.54) is 4.90 Å². The Morgan fingerprint density at radius 2 is 1.81 bits per heavy atom. The first-order valence-electron chi connectivity index (χ1n) is 7.09. The molecule has 21 heavy (non-hydrogen) atoms. The van der Waals surface area contributed by atoms with E-state index >= 15 is 0 Å². The Kier molecular flexibility index (Phi) is 4.59. The molecule has 1 aliphatic rings. The summed E-state index contributed by atoms with van der Waals surface area (Å²) < 4.78 is 0. The molecule has 1 saturated heterocycles. The number of hydrogen-bond donors (Lipinski definition) is 0. The Hall–Kier alpha value is -2.35. The molecule has 0 aromatic heterocycles. The first-order valence-corrected chi connectivity index (χ1v) is 7.09. The van der Waals surface area contributed by atoms with E-state index in [0.717, 1.165) is 5.56 Å². The second-order valence-corrected chi connectivity index (χ2v) is 5.44. The van der Waals surface area contributed by atoms with E-state index in [1.54, 1.807) is 4.90 Å². The maximum absolute atomic E-state index is 12.1.